The van der Waals surface area contributed by atoms with Gasteiger partial charge in [0.25, 0.3) is 0 Å². The van der Waals surface area contributed by atoms with Crippen LogP contribution in [0.25, 0.3) is 0 Å². The fourth-order valence-electron chi connectivity index (χ4n) is 0.862. The number of nitrogens with one attached hydrogen (secondary N) is 1. The van der Waals surface area contributed by atoms with E-state index in [0.29, 0.717) is 17.2 Å². The molecular weight excluding hydrogens is 161 g/mol. The number of hydrogen-bond donors (Lipinski definition) is 1. The molecule has 0 saturated heterocycles. The summed E-state index contributed by atoms with van der Waals surface area (Å²) in [6.07, 6.45) is 0. The molecule has 0 aromatic heterocycles. The molecule has 0 amide bonds. The second-order valence-electron chi connectivity index (χ2n) is 2.20. The molecule has 1 aromatic carbocycles. The first-order valence-electron chi connectivity index (χ1n) is 3.40. The normalized spacial score (nSPS) is 9.25. The van der Waals surface area contributed by atoms with Gasteiger partial charge in [-0.1, -0.05) is 0 Å². The van der Waals surface area contributed by atoms with Gasteiger partial charge in [-0.2, -0.15) is 0 Å². The van der Waals surface area contributed by atoms with Gasteiger partial charge in [-0.25, -0.2) is 5.54 Å². The summed E-state index contributed by atoms with van der Waals surface area (Å²) in [5.74, 6) is 1.10. The van der Waals surface area contributed by atoms with Crippen LogP contribution in [-0.4, -0.2) is 14.2 Å². The van der Waals surface area contributed by atoms with E-state index in [0.717, 1.165) is 0 Å². The zero-order valence-corrected chi connectivity index (χ0v) is 6.93. The van der Waals surface area contributed by atoms with E-state index < -0.39 is 0 Å². The van der Waals surface area contributed by atoms with Crippen LogP contribution in [0.4, 0.5) is 10.2 Å². The minimum absolute atomic E-state index is 0.311. The van der Waals surface area contributed by atoms with E-state index in [1.54, 1.807) is 6.07 Å². The summed E-state index contributed by atoms with van der Waals surface area (Å²) in [4.78, 5) is 0. The van der Waals surface area contributed by atoms with Crippen LogP contribution in [0.1, 0.15) is 0 Å². The highest BCUT2D eigenvalue weighted by Crippen LogP contribution is 2.25. The standard InChI is InChI=1S/C8H10FNO2/c1-11-7-3-6(10-9)4-8(5-7)12-2/h3-5,10H,1-2H3. The van der Waals surface area contributed by atoms with Crippen LogP contribution in [0.5, 0.6) is 11.5 Å². The van der Waals surface area contributed by atoms with Crippen molar-refractivity contribution < 1.29 is 14.0 Å². The Kier molecular flexibility index (Phi) is 2.74. The Bertz CT molecular complexity index is 210. The largest absolute Gasteiger partial charge is 0.497 e. The molecule has 0 radical (unpaired) electrons. The van der Waals surface area contributed by atoms with Crippen molar-refractivity contribution in [1.29, 1.82) is 0 Å². The Labute approximate surface area is 70.0 Å². The monoisotopic (exact) mass is 171 g/mol. The molecule has 0 atom stereocenters. The van der Waals surface area contributed by atoms with Crippen molar-refractivity contribution in [3.05, 3.63) is 18.2 Å². The predicted molar refractivity (Wildman–Crippen MR) is 44.3 cm³/mol. The molecule has 0 aliphatic heterocycles. The first-order valence-corrected chi connectivity index (χ1v) is 3.40. The molecule has 66 valence electrons. The Balaban J connectivity index is 3.01. The number of anilines is 1. The van der Waals surface area contributed by atoms with Gasteiger partial charge >= 0.3 is 0 Å². The van der Waals surface area contributed by atoms with E-state index in [1.807, 2.05) is 0 Å². The SMILES string of the molecule is COc1cc(NF)cc(OC)c1. The number of ether oxygens (including phenoxy) is 2. The van der Waals surface area contributed by atoms with Crippen LogP contribution in [0.15, 0.2) is 18.2 Å². The summed E-state index contributed by atoms with van der Waals surface area (Å²) in [5, 5.41) is 0. The maximum Gasteiger partial charge on any atom is 0.124 e. The lowest BCUT2D eigenvalue weighted by atomic mass is 10.3. The Morgan fingerprint density at radius 3 is 1.92 bits per heavy atom. The first kappa shape index (κ1) is 8.64. The molecule has 0 spiro atoms. The van der Waals surface area contributed by atoms with Gasteiger partial charge in [0.15, 0.2) is 0 Å². The highest BCUT2D eigenvalue weighted by Gasteiger charge is 2.00. The predicted octanol–water partition coefficient (Wildman–Crippen LogP) is 2.00. The lowest BCUT2D eigenvalue weighted by Gasteiger charge is -2.05. The minimum Gasteiger partial charge on any atom is -0.497 e. The maximum atomic E-state index is 12.0. The smallest absolute Gasteiger partial charge is 0.124 e. The molecule has 12 heavy (non-hydrogen) atoms. The summed E-state index contributed by atoms with van der Waals surface area (Å²) in [7, 11) is 3.02. The molecule has 0 aliphatic rings. The number of benzene rings is 1. The van der Waals surface area contributed by atoms with E-state index in [-0.39, 0.29) is 0 Å². The van der Waals surface area contributed by atoms with Crippen molar-refractivity contribution in [3.63, 3.8) is 0 Å². The highest BCUT2D eigenvalue weighted by molar-refractivity contribution is 5.52. The van der Waals surface area contributed by atoms with Crippen molar-refractivity contribution in [2.75, 3.05) is 19.8 Å². The Morgan fingerprint density at radius 2 is 1.58 bits per heavy atom. The molecule has 0 bridgehead atoms. The fraction of sp³-hybridized carbons (Fsp3) is 0.250. The molecule has 0 saturated carbocycles. The average Bonchev–Trinajstić information content (AvgIpc) is 2.16. The van der Waals surface area contributed by atoms with Gasteiger partial charge in [0.1, 0.15) is 11.5 Å². The summed E-state index contributed by atoms with van der Waals surface area (Å²) in [6.45, 7) is 0. The second-order valence-corrected chi connectivity index (χ2v) is 2.20. The maximum absolute atomic E-state index is 12.0. The molecule has 0 fully saturated rings. The van der Waals surface area contributed by atoms with Crippen molar-refractivity contribution in [1.82, 2.24) is 0 Å². The van der Waals surface area contributed by atoms with Gasteiger partial charge in [0, 0.05) is 18.2 Å². The molecule has 4 heteroatoms. The molecule has 3 nitrogen and oxygen atoms in total. The third-order valence-corrected chi connectivity index (χ3v) is 1.46. The lowest BCUT2D eigenvalue weighted by molar-refractivity contribution is 0.394. The molecule has 0 heterocycles. The highest BCUT2D eigenvalue weighted by atomic mass is 19.2. The second kappa shape index (κ2) is 3.80. The Morgan fingerprint density at radius 1 is 1.08 bits per heavy atom. The van der Waals surface area contributed by atoms with Gasteiger partial charge in [0.05, 0.1) is 19.9 Å². The molecule has 0 aliphatic carbocycles. The topological polar surface area (TPSA) is 30.5 Å². The lowest BCUT2D eigenvalue weighted by Crippen LogP contribution is -1.89. The van der Waals surface area contributed by atoms with Gasteiger partial charge < -0.3 is 9.47 Å². The van der Waals surface area contributed by atoms with E-state index in [1.165, 1.54) is 31.9 Å². The summed E-state index contributed by atoms with van der Waals surface area (Å²) in [6, 6.07) is 4.73. The quantitative estimate of drug-likeness (QED) is 0.705. The van der Waals surface area contributed by atoms with Crippen molar-refractivity contribution in [3.8, 4) is 11.5 Å². The van der Waals surface area contributed by atoms with Crippen LogP contribution >= 0.6 is 0 Å². The molecular formula is C8H10FNO2. The van der Waals surface area contributed by atoms with Crippen LogP contribution in [0.2, 0.25) is 0 Å². The molecule has 1 aromatic rings. The van der Waals surface area contributed by atoms with Crippen LogP contribution in [-0.2, 0) is 0 Å². The molecule has 1 rings (SSSR count). The summed E-state index contributed by atoms with van der Waals surface area (Å²) in [5.41, 5.74) is 1.83. The molecule has 0 unspecified atom stereocenters. The fourth-order valence-corrected chi connectivity index (χ4v) is 0.862. The first-order chi connectivity index (χ1) is 5.80. The number of rotatable bonds is 3. The third kappa shape index (κ3) is 1.78. The number of hydrogen-bond acceptors (Lipinski definition) is 3. The third-order valence-electron chi connectivity index (χ3n) is 1.46. The van der Waals surface area contributed by atoms with E-state index in [9.17, 15) is 4.48 Å². The summed E-state index contributed by atoms with van der Waals surface area (Å²) < 4.78 is 21.8. The van der Waals surface area contributed by atoms with Crippen molar-refractivity contribution in [2.24, 2.45) is 0 Å². The van der Waals surface area contributed by atoms with Gasteiger partial charge in [-0.3, -0.25) is 0 Å². The van der Waals surface area contributed by atoms with Crippen LogP contribution in [0.3, 0.4) is 0 Å². The van der Waals surface area contributed by atoms with Gasteiger partial charge in [-0.15, -0.1) is 4.48 Å². The van der Waals surface area contributed by atoms with Crippen LogP contribution in [0, 0.1) is 0 Å². The van der Waals surface area contributed by atoms with E-state index >= 15 is 0 Å². The average molecular weight is 171 g/mol. The van der Waals surface area contributed by atoms with E-state index in [4.69, 9.17) is 9.47 Å². The zero-order valence-electron chi connectivity index (χ0n) is 6.93. The zero-order chi connectivity index (χ0) is 8.97. The Hall–Kier alpha value is -1.45. The van der Waals surface area contributed by atoms with Gasteiger partial charge in [0.2, 0.25) is 0 Å². The van der Waals surface area contributed by atoms with E-state index in [2.05, 4.69) is 0 Å². The van der Waals surface area contributed by atoms with Crippen molar-refractivity contribution in [2.45, 2.75) is 0 Å². The molecule has 1 N–H and O–H groups in total. The van der Waals surface area contributed by atoms with Gasteiger partial charge in [-0.05, 0) is 0 Å². The van der Waals surface area contributed by atoms with Crippen LogP contribution < -0.4 is 15.0 Å². The minimum atomic E-state index is 0.311. The number of halogens is 1. The summed E-state index contributed by atoms with van der Waals surface area (Å²) >= 11 is 0. The van der Waals surface area contributed by atoms with Crippen molar-refractivity contribution >= 4 is 5.69 Å². The number of methoxy groups -OCH3 is 2.